The van der Waals surface area contributed by atoms with Gasteiger partial charge in [0.2, 0.25) is 10.0 Å². The van der Waals surface area contributed by atoms with E-state index in [1.807, 2.05) is 0 Å². The van der Waals surface area contributed by atoms with Crippen LogP contribution in [0.2, 0.25) is 5.02 Å². The molecule has 0 radical (unpaired) electrons. The monoisotopic (exact) mass is 366 g/mol. The first-order chi connectivity index (χ1) is 8.87. The molecular formula is C11H15Cl2F3N2O2S. The molecule has 0 amide bonds. The largest absolute Gasteiger partial charge is 0.416 e. The summed E-state index contributed by atoms with van der Waals surface area (Å²) in [6.07, 6.45) is -4.68. The molecule has 0 aromatic heterocycles. The smallest absolute Gasteiger partial charge is 0.329 e. The third-order valence-corrected chi connectivity index (χ3v) is 4.33. The molecule has 0 saturated carbocycles. The minimum Gasteiger partial charge on any atom is -0.329 e. The first kappa shape index (κ1) is 20.5. The fourth-order valence-electron chi connectivity index (χ4n) is 1.35. The van der Waals surface area contributed by atoms with Crippen LogP contribution in [0.1, 0.15) is 19.4 Å². The van der Waals surface area contributed by atoms with Gasteiger partial charge in [0, 0.05) is 17.1 Å². The molecule has 3 N–H and O–H groups in total. The Balaban J connectivity index is 0.00000400. The number of rotatable bonds is 4. The number of nitrogens with two attached hydrogens (primary N) is 1. The molecule has 0 bridgehead atoms. The zero-order valence-electron chi connectivity index (χ0n) is 11.2. The highest BCUT2D eigenvalue weighted by atomic mass is 35.5. The molecule has 0 aliphatic rings. The van der Waals surface area contributed by atoms with Crippen molar-refractivity contribution in [3.63, 3.8) is 0 Å². The van der Waals surface area contributed by atoms with Crippen molar-refractivity contribution < 1.29 is 21.6 Å². The van der Waals surface area contributed by atoms with Crippen LogP contribution < -0.4 is 10.5 Å². The quantitative estimate of drug-likeness (QED) is 0.860. The van der Waals surface area contributed by atoms with Crippen LogP contribution in [0, 0.1) is 0 Å². The molecular weight excluding hydrogens is 352 g/mol. The van der Waals surface area contributed by atoms with E-state index in [9.17, 15) is 21.6 Å². The Hall–Kier alpha value is -0.540. The number of alkyl halides is 3. The van der Waals surface area contributed by atoms with Crippen LogP contribution in [0.4, 0.5) is 13.2 Å². The molecule has 0 atom stereocenters. The van der Waals surface area contributed by atoms with Crippen molar-refractivity contribution in [2.45, 2.75) is 30.5 Å². The maximum absolute atomic E-state index is 12.6. The van der Waals surface area contributed by atoms with Gasteiger partial charge in [-0.3, -0.25) is 0 Å². The third kappa shape index (κ3) is 5.63. The summed E-state index contributed by atoms with van der Waals surface area (Å²) in [7, 11) is -4.15. The first-order valence-corrected chi connectivity index (χ1v) is 7.35. The fourth-order valence-corrected chi connectivity index (χ4v) is 3.14. The zero-order valence-corrected chi connectivity index (χ0v) is 13.6. The summed E-state index contributed by atoms with van der Waals surface area (Å²) >= 11 is 5.55. The summed E-state index contributed by atoms with van der Waals surface area (Å²) < 4.78 is 64.3. The second-order valence-electron chi connectivity index (χ2n) is 4.87. The lowest BCUT2D eigenvalue weighted by Gasteiger charge is -2.24. The van der Waals surface area contributed by atoms with Crippen molar-refractivity contribution in [2.75, 3.05) is 6.54 Å². The molecule has 0 saturated heterocycles. The van der Waals surface area contributed by atoms with Crippen molar-refractivity contribution in [3.05, 3.63) is 28.8 Å². The van der Waals surface area contributed by atoms with Crippen LogP contribution in [0.25, 0.3) is 0 Å². The van der Waals surface area contributed by atoms with Gasteiger partial charge in [-0.2, -0.15) is 13.2 Å². The van der Waals surface area contributed by atoms with Crippen molar-refractivity contribution >= 4 is 34.0 Å². The predicted octanol–water partition coefficient (Wildman–Crippen LogP) is 2.80. The Bertz CT molecular complexity index is 604. The summed E-state index contributed by atoms with van der Waals surface area (Å²) in [6, 6.07) is 2.14. The number of nitrogens with one attached hydrogen (secondary N) is 1. The van der Waals surface area contributed by atoms with E-state index in [2.05, 4.69) is 4.72 Å². The van der Waals surface area contributed by atoms with Gasteiger partial charge in [-0.25, -0.2) is 13.1 Å². The highest BCUT2D eigenvalue weighted by Crippen LogP contribution is 2.33. The van der Waals surface area contributed by atoms with E-state index in [1.54, 1.807) is 0 Å². The molecule has 1 aromatic carbocycles. The minimum absolute atomic E-state index is 0. The van der Waals surface area contributed by atoms with Crippen LogP contribution >= 0.6 is 24.0 Å². The van der Waals surface area contributed by atoms with Gasteiger partial charge in [-0.05, 0) is 32.0 Å². The van der Waals surface area contributed by atoms with Crippen molar-refractivity contribution in [1.29, 1.82) is 0 Å². The van der Waals surface area contributed by atoms with Gasteiger partial charge in [0.1, 0.15) is 0 Å². The molecule has 21 heavy (non-hydrogen) atoms. The van der Waals surface area contributed by atoms with Crippen LogP contribution in [0.3, 0.4) is 0 Å². The normalized spacial score (nSPS) is 12.9. The van der Waals surface area contributed by atoms with Crippen LogP contribution in [-0.4, -0.2) is 20.5 Å². The predicted molar refractivity (Wildman–Crippen MR) is 77.2 cm³/mol. The number of hydrogen-bond acceptors (Lipinski definition) is 3. The highest BCUT2D eigenvalue weighted by Gasteiger charge is 2.33. The Labute approximate surface area is 132 Å². The Morgan fingerprint density at radius 2 is 1.76 bits per heavy atom. The Morgan fingerprint density at radius 3 is 2.19 bits per heavy atom. The zero-order chi connectivity index (χ0) is 15.8. The average molecular weight is 367 g/mol. The molecule has 1 aromatic rings. The number of halogens is 5. The van der Waals surface area contributed by atoms with Gasteiger partial charge >= 0.3 is 6.18 Å². The molecule has 0 spiro atoms. The molecule has 0 fully saturated rings. The molecule has 122 valence electrons. The second-order valence-corrected chi connectivity index (χ2v) is 6.99. The van der Waals surface area contributed by atoms with E-state index >= 15 is 0 Å². The van der Waals surface area contributed by atoms with Gasteiger partial charge in [0.25, 0.3) is 0 Å². The average Bonchev–Trinajstić information content (AvgIpc) is 2.25. The van der Waals surface area contributed by atoms with E-state index < -0.39 is 32.2 Å². The number of benzene rings is 1. The van der Waals surface area contributed by atoms with E-state index in [4.69, 9.17) is 17.3 Å². The van der Waals surface area contributed by atoms with Crippen molar-refractivity contribution in [2.24, 2.45) is 5.73 Å². The Kier molecular flexibility index (Phi) is 6.53. The summed E-state index contributed by atoms with van der Waals surface area (Å²) in [6.45, 7) is 3.01. The number of sulfonamides is 1. The van der Waals surface area contributed by atoms with Crippen LogP contribution in [0.15, 0.2) is 23.1 Å². The lowest BCUT2D eigenvalue weighted by molar-refractivity contribution is -0.137. The van der Waals surface area contributed by atoms with E-state index in [-0.39, 0.29) is 24.0 Å². The number of hydrogen-bond donors (Lipinski definition) is 2. The lowest BCUT2D eigenvalue weighted by Crippen LogP contribution is -2.48. The summed E-state index contributed by atoms with van der Waals surface area (Å²) in [5.41, 5.74) is 3.27. The molecule has 4 nitrogen and oxygen atoms in total. The van der Waals surface area contributed by atoms with Gasteiger partial charge in [0.15, 0.2) is 0 Å². The molecule has 0 aliphatic carbocycles. The minimum atomic E-state index is -4.68. The van der Waals surface area contributed by atoms with E-state index in [1.165, 1.54) is 13.8 Å². The molecule has 0 unspecified atom stereocenters. The second kappa shape index (κ2) is 6.70. The SMILES string of the molecule is CC(C)(CN)NS(=O)(=O)c1cc(Cl)cc(C(F)(F)F)c1.Cl. The van der Waals surface area contributed by atoms with Gasteiger partial charge in [-0.15, -0.1) is 12.4 Å². The van der Waals surface area contributed by atoms with Crippen molar-refractivity contribution in [1.82, 2.24) is 4.72 Å². The molecule has 0 aliphatic heterocycles. The van der Waals surface area contributed by atoms with Gasteiger partial charge < -0.3 is 5.73 Å². The standard InChI is InChI=1S/C11H14ClF3N2O2S.ClH/c1-10(2,6-16)17-20(18,19)9-4-7(11(13,14)15)3-8(12)5-9;/h3-5,17H,6,16H2,1-2H3;1H. The molecule has 1 rings (SSSR count). The van der Waals surface area contributed by atoms with Crippen LogP contribution in [-0.2, 0) is 16.2 Å². The molecule has 10 heteroatoms. The molecule has 0 heterocycles. The van der Waals surface area contributed by atoms with Gasteiger partial charge in [0.05, 0.1) is 10.5 Å². The van der Waals surface area contributed by atoms with E-state index in [0.29, 0.717) is 12.1 Å². The first-order valence-electron chi connectivity index (χ1n) is 5.49. The summed E-state index contributed by atoms with van der Waals surface area (Å²) in [5, 5.41) is -0.314. The fraction of sp³-hybridized carbons (Fsp3) is 0.455. The maximum Gasteiger partial charge on any atom is 0.416 e. The lowest BCUT2D eigenvalue weighted by atomic mass is 10.1. The third-order valence-electron chi connectivity index (χ3n) is 2.43. The van der Waals surface area contributed by atoms with E-state index in [0.717, 1.165) is 6.07 Å². The summed E-state index contributed by atoms with van der Waals surface area (Å²) in [5.74, 6) is 0. The Morgan fingerprint density at radius 1 is 1.24 bits per heavy atom. The summed E-state index contributed by atoms with van der Waals surface area (Å²) in [4.78, 5) is -0.557. The van der Waals surface area contributed by atoms with Crippen molar-refractivity contribution in [3.8, 4) is 0 Å². The van der Waals surface area contributed by atoms with Crippen LogP contribution in [0.5, 0.6) is 0 Å². The van der Waals surface area contributed by atoms with Gasteiger partial charge in [-0.1, -0.05) is 11.6 Å². The topological polar surface area (TPSA) is 72.2 Å². The maximum atomic E-state index is 12.6. The highest BCUT2D eigenvalue weighted by molar-refractivity contribution is 7.89.